The van der Waals surface area contributed by atoms with Crippen molar-refractivity contribution in [1.29, 1.82) is 0 Å². The molecule has 1 fully saturated rings. The molecule has 1 saturated carbocycles. The standard InChI is InChI=1S/C22H28N2O3S/c1-16-8-7-11-21(17(16)2)23-22(25)18-12-14-20(15-13-18)28(26,27)24(3)19-9-5-4-6-10-19/h7-8,11-15,19H,4-6,9-10H2,1-3H3,(H,23,25). The van der Waals surface area contributed by atoms with E-state index < -0.39 is 10.0 Å². The summed E-state index contributed by atoms with van der Waals surface area (Å²) in [5.41, 5.74) is 3.31. The summed E-state index contributed by atoms with van der Waals surface area (Å²) in [5, 5.41) is 2.90. The molecule has 1 N–H and O–H groups in total. The van der Waals surface area contributed by atoms with Crippen molar-refractivity contribution >= 4 is 21.6 Å². The van der Waals surface area contributed by atoms with E-state index in [0.717, 1.165) is 42.5 Å². The first-order chi connectivity index (χ1) is 13.3. The molecule has 6 heteroatoms. The molecule has 0 bridgehead atoms. The van der Waals surface area contributed by atoms with Crippen molar-refractivity contribution in [3.63, 3.8) is 0 Å². The normalized spacial score (nSPS) is 15.6. The highest BCUT2D eigenvalue weighted by atomic mass is 32.2. The van der Waals surface area contributed by atoms with Crippen molar-refractivity contribution in [1.82, 2.24) is 4.31 Å². The fourth-order valence-corrected chi connectivity index (χ4v) is 5.08. The Morgan fingerprint density at radius 3 is 2.29 bits per heavy atom. The van der Waals surface area contributed by atoms with Crippen LogP contribution in [0, 0.1) is 13.8 Å². The molecule has 0 saturated heterocycles. The lowest BCUT2D eigenvalue weighted by Crippen LogP contribution is -2.38. The van der Waals surface area contributed by atoms with Gasteiger partial charge in [-0.3, -0.25) is 4.79 Å². The summed E-state index contributed by atoms with van der Waals surface area (Å²) in [6.45, 7) is 3.95. The molecular weight excluding hydrogens is 372 g/mol. The van der Waals surface area contributed by atoms with Crippen molar-refractivity contribution in [2.24, 2.45) is 0 Å². The zero-order valence-electron chi connectivity index (χ0n) is 16.7. The highest BCUT2D eigenvalue weighted by Gasteiger charge is 2.29. The van der Waals surface area contributed by atoms with Crippen molar-refractivity contribution in [2.75, 3.05) is 12.4 Å². The molecule has 0 aromatic heterocycles. The number of amides is 1. The average molecular weight is 401 g/mol. The summed E-state index contributed by atoms with van der Waals surface area (Å²) in [6.07, 6.45) is 5.14. The van der Waals surface area contributed by atoms with Crippen molar-refractivity contribution in [2.45, 2.75) is 56.9 Å². The van der Waals surface area contributed by atoms with Crippen molar-refractivity contribution < 1.29 is 13.2 Å². The lowest BCUT2D eigenvalue weighted by atomic mass is 9.96. The molecule has 1 amide bonds. The van der Waals surface area contributed by atoms with Gasteiger partial charge < -0.3 is 5.32 Å². The topological polar surface area (TPSA) is 66.5 Å². The maximum Gasteiger partial charge on any atom is 0.255 e. The van der Waals surface area contributed by atoms with Gasteiger partial charge in [0, 0.05) is 24.3 Å². The van der Waals surface area contributed by atoms with E-state index in [1.807, 2.05) is 32.0 Å². The van der Waals surface area contributed by atoms with Crippen LogP contribution in [-0.4, -0.2) is 31.7 Å². The Morgan fingerprint density at radius 1 is 1.00 bits per heavy atom. The quantitative estimate of drug-likeness (QED) is 0.803. The number of sulfonamides is 1. The minimum Gasteiger partial charge on any atom is -0.322 e. The van der Waals surface area contributed by atoms with Gasteiger partial charge in [0.1, 0.15) is 0 Å². The van der Waals surface area contributed by atoms with Gasteiger partial charge in [0.2, 0.25) is 10.0 Å². The number of rotatable bonds is 5. The van der Waals surface area contributed by atoms with Crippen LogP contribution in [0.4, 0.5) is 5.69 Å². The number of nitrogens with one attached hydrogen (secondary N) is 1. The maximum absolute atomic E-state index is 12.9. The predicted molar refractivity (Wildman–Crippen MR) is 112 cm³/mol. The zero-order chi connectivity index (χ0) is 20.3. The average Bonchev–Trinajstić information content (AvgIpc) is 2.71. The predicted octanol–water partition coefficient (Wildman–Crippen LogP) is 4.51. The molecule has 0 aliphatic heterocycles. The Morgan fingerprint density at radius 2 is 1.64 bits per heavy atom. The van der Waals surface area contributed by atoms with E-state index in [9.17, 15) is 13.2 Å². The molecule has 0 heterocycles. The Hall–Kier alpha value is -2.18. The first kappa shape index (κ1) is 20.6. The van der Waals surface area contributed by atoms with Crippen LogP contribution in [0.2, 0.25) is 0 Å². The molecule has 2 aromatic rings. The Labute approximate surface area is 167 Å². The van der Waals surface area contributed by atoms with E-state index in [0.29, 0.717) is 5.56 Å². The molecule has 1 aliphatic rings. The van der Waals surface area contributed by atoms with Crippen LogP contribution in [0.15, 0.2) is 47.4 Å². The van der Waals surface area contributed by atoms with E-state index in [1.165, 1.54) is 22.9 Å². The van der Waals surface area contributed by atoms with Crippen LogP contribution in [0.25, 0.3) is 0 Å². The third kappa shape index (κ3) is 4.28. The van der Waals surface area contributed by atoms with Crippen LogP contribution < -0.4 is 5.32 Å². The third-order valence-electron chi connectivity index (χ3n) is 5.74. The maximum atomic E-state index is 12.9. The second kappa shape index (κ2) is 8.45. The van der Waals surface area contributed by atoms with Crippen molar-refractivity contribution in [3.8, 4) is 0 Å². The van der Waals surface area contributed by atoms with Gasteiger partial charge in [0.25, 0.3) is 5.91 Å². The van der Waals surface area contributed by atoms with E-state index >= 15 is 0 Å². The van der Waals surface area contributed by atoms with Gasteiger partial charge in [-0.25, -0.2) is 8.42 Å². The summed E-state index contributed by atoms with van der Waals surface area (Å²) in [7, 11) is -1.89. The first-order valence-electron chi connectivity index (χ1n) is 9.76. The number of aryl methyl sites for hydroxylation is 1. The fourth-order valence-electron chi connectivity index (χ4n) is 3.67. The van der Waals surface area contributed by atoms with E-state index in [-0.39, 0.29) is 16.8 Å². The van der Waals surface area contributed by atoms with Gasteiger partial charge >= 0.3 is 0 Å². The molecule has 0 unspecified atom stereocenters. The van der Waals surface area contributed by atoms with Crippen LogP contribution in [0.3, 0.4) is 0 Å². The van der Waals surface area contributed by atoms with Gasteiger partial charge in [0.05, 0.1) is 4.90 Å². The number of carbonyl (C=O) groups is 1. The molecule has 2 aromatic carbocycles. The van der Waals surface area contributed by atoms with E-state index in [4.69, 9.17) is 0 Å². The minimum atomic E-state index is -3.55. The molecular formula is C22H28N2O3S. The second-order valence-corrected chi connectivity index (χ2v) is 9.54. The van der Waals surface area contributed by atoms with Gasteiger partial charge in [0.15, 0.2) is 0 Å². The summed E-state index contributed by atoms with van der Waals surface area (Å²) in [4.78, 5) is 12.8. The SMILES string of the molecule is Cc1cccc(NC(=O)c2ccc(S(=O)(=O)N(C)C3CCCCC3)cc2)c1C. The number of benzene rings is 2. The van der Waals surface area contributed by atoms with Gasteiger partial charge in [-0.1, -0.05) is 31.4 Å². The van der Waals surface area contributed by atoms with Gasteiger partial charge in [-0.05, 0) is 68.1 Å². The summed E-state index contributed by atoms with van der Waals surface area (Å²) in [6, 6.07) is 12.0. The summed E-state index contributed by atoms with van der Waals surface area (Å²) >= 11 is 0. The molecule has 1 aliphatic carbocycles. The molecule has 3 rings (SSSR count). The lowest BCUT2D eigenvalue weighted by Gasteiger charge is -2.30. The van der Waals surface area contributed by atoms with Gasteiger partial charge in [-0.2, -0.15) is 4.31 Å². The largest absolute Gasteiger partial charge is 0.322 e. The minimum absolute atomic E-state index is 0.0611. The number of hydrogen-bond donors (Lipinski definition) is 1. The number of carbonyl (C=O) groups excluding carboxylic acids is 1. The number of hydrogen-bond acceptors (Lipinski definition) is 3. The van der Waals surface area contributed by atoms with E-state index in [2.05, 4.69) is 5.32 Å². The Bertz CT molecular complexity index is 946. The molecule has 5 nitrogen and oxygen atoms in total. The number of anilines is 1. The first-order valence-corrected chi connectivity index (χ1v) is 11.2. The highest BCUT2D eigenvalue weighted by molar-refractivity contribution is 7.89. The fraction of sp³-hybridized carbons (Fsp3) is 0.409. The summed E-state index contributed by atoms with van der Waals surface area (Å²) < 4.78 is 27.3. The second-order valence-electron chi connectivity index (χ2n) is 7.54. The van der Waals surface area contributed by atoms with Gasteiger partial charge in [-0.15, -0.1) is 0 Å². The highest BCUT2D eigenvalue weighted by Crippen LogP contribution is 2.26. The molecule has 0 atom stereocenters. The van der Waals surface area contributed by atoms with Crippen LogP contribution in [0.5, 0.6) is 0 Å². The molecule has 0 spiro atoms. The van der Waals surface area contributed by atoms with Crippen molar-refractivity contribution in [3.05, 3.63) is 59.2 Å². The van der Waals surface area contributed by atoms with Crippen LogP contribution >= 0.6 is 0 Å². The molecule has 0 radical (unpaired) electrons. The monoisotopic (exact) mass is 400 g/mol. The Kier molecular flexibility index (Phi) is 6.20. The smallest absolute Gasteiger partial charge is 0.255 e. The lowest BCUT2D eigenvalue weighted by molar-refractivity contribution is 0.102. The van der Waals surface area contributed by atoms with Crippen LogP contribution in [-0.2, 0) is 10.0 Å². The number of nitrogens with zero attached hydrogens (tertiary/aromatic N) is 1. The van der Waals surface area contributed by atoms with Crippen LogP contribution in [0.1, 0.15) is 53.6 Å². The molecule has 150 valence electrons. The summed E-state index contributed by atoms with van der Waals surface area (Å²) in [5.74, 6) is -0.252. The van der Waals surface area contributed by atoms with E-state index in [1.54, 1.807) is 19.2 Å². The third-order valence-corrected chi connectivity index (χ3v) is 7.66. The molecule has 28 heavy (non-hydrogen) atoms. The zero-order valence-corrected chi connectivity index (χ0v) is 17.6. The Balaban J connectivity index is 1.75.